The number of benzene rings is 1. The Labute approximate surface area is 98.1 Å². The van der Waals surface area contributed by atoms with Crippen molar-refractivity contribution in [3.8, 4) is 0 Å². The van der Waals surface area contributed by atoms with Crippen molar-refractivity contribution in [2.45, 2.75) is 38.7 Å². The van der Waals surface area contributed by atoms with Crippen LogP contribution in [-0.4, -0.2) is 12.7 Å². The van der Waals surface area contributed by atoms with E-state index in [0.29, 0.717) is 6.10 Å². The maximum atomic E-state index is 5.76. The van der Waals surface area contributed by atoms with E-state index in [4.69, 9.17) is 4.74 Å². The highest BCUT2D eigenvalue weighted by Crippen LogP contribution is 2.26. The zero-order chi connectivity index (χ0) is 11.2. The van der Waals surface area contributed by atoms with Crippen LogP contribution < -0.4 is 0 Å². The van der Waals surface area contributed by atoms with Gasteiger partial charge < -0.3 is 4.74 Å². The summed E-state index contributed by atoms with van der Waals surface area (Å²) in [5, 5.41) is 0. The molecule has 1 aliphatic heterocycles. The molecule has 2 rings (SSSR count). The Bertz CT molecular complexity index is 340. The minimum Gasteiger partial charge on any atom is -0.374 e. The first-order valence-electron chi connectivity index (χ1n) is 6.26. The predicted molar refractivity (Wildman–Crippen MR) is 68.3 cm³/mol. The van der Waals surface area contributed by atoms with Crippen molar-refractivity contribution < 1.29 is 4.74 Å². The molecule has 0 bridgehead atoms. The molecule has 1 unspecified atom stereocenters. The summed E-state index contributed by atoms with van der Waals surface area (Å²) in [5.74, 6) is 0. The lowest BCUT2D eigenvalue weighted by Gasteiger charge is -2.23. The van der Waals surface area contributed by atoms with E-state index in [0.717, 1.165) is 13.0 Å². The third-order valence-electron chi connectivity index (χ3n) is 3.13. The first kappa shape index (κ1) is 11.4. The van der Waals surface area contributed by atoms with Gasteiger partial charge in [-0.15, -0.1) is 0 Å². The largest absolute Gasteiger partial charge is 0.374 e. The fourth-order valence-electron chi connectivity index (χ4n) is 2.18. The molecule has 0 saturated heterocycles. The third-order valence-corrected chi connectivity index (χ3v) is 3.13. The maximum absolute atomic E-state index is 5.76. The molecule has 1 heterocycles. The molecule has 1 atom stereocenters. The second kappa shape index (κ2) is 5.86. The van der Waals surface area contributed by atoms with Gasteiger partial charge in [-0.25, -0.2) is 0 Å². The average Bonchev–Trinajstić information content (AvgIpc) is 2.38. The molecule has 1 aliphatic rings. The Morgan fingerprint density at radius 2 is 2.06 bits per heavy atom. The quantitative estimate of drug-likeness (QED) is 0.737. The highest BCUT2D eigenvalue weighted by molar-refractivity contribution is 5.66. The summed E-state index contributed by atoms with van der Waals surface area (Å²) >= 11 is 0. The Hall–Kier alpha value is -1.08. The lowest BCUT2D eigenvalue weighted by Crippen LogP contribution is -2.18. The monoisotopic (exact) mass is 216 g/mol. The summed E-state index contributed by atoms with van der Waals surface area (Å²) in [6.07, 6.45) is 7.44. The van der Waals surface area contributed by atoms with Crippen molar-refractivity contribution in [1.29, 1.82) is 0 Å². The lowest BCUT2D eigenvalue weighted by atomic mass is 9.95. The van der Waals surface area contributed by atoms with E-state index in [1.54, 1.807) is 0 Å². The third kappa shape index (κ3) is 2.96. The van der Waals surface area contributed by atoms with E-state index in [2.05, 4.69) is 43.3 Å². The SMILES string of the molecule is CCCCC1CC(c2ccccc2)=CCO1. The van der Waals surface area contributed by atoms with Gasteiger partial charge in [0.1, 0.15) is 0 Å². The summed E-state index contributed by atoms with van der Waals surface area (Å²) < 4.78 is 5.76. The molecule has 0 radical (unpaired) electrons. The fraction of sp³-hybridized carbons (Fsp3) is 0.467. The van der Waals surface area contributed by atoms with E-state index < -0.39 is 0 Å². The van der Waals surface area contributed by atoms with Crippen LogP contribution in [-0.2, 0) is 4.74 Å². The normalized spacial score (nSPS) is 20.6. The van der Waals surface area contributed by atoms with Gasteiger partial charge in [-0.1, -0.05) is 56.2 Å². The molecule has 16 heavy (non-hydrogen) atoms. The molecule has 1 heteroatoms. The molecule has 0 saturated carbocycles. The smallest absolute Gasteiger partial charge is 0.0657 e. The van der Waals surface area contributed by atoms with Gasteiger partial charge in [0.15, 0.2) is 0 Å². The minimum atomic E-state index is 0.431. The average molecular weight is 216 g/mol. The van der Waals surface area contributed by atoms with Crippen molar-refractivity contribution >= 4 is 5.57 Å². The summed E-state index contributed by atoms with van der Waals surface area (Å²) in [6, 6.07) is 10.7. The number of rotatable bonds is 4. The van der Waals surface area contributed by atoms with E-state index >= 15 is 0 Å². The number of hydrogen-bond donors (Lipinski definition) is 0. The molecule has 0 N–H and O–H groups in total. The van der Waals surface area contributed by atoms with Gasteiger partial charge in [0.2, 0.25) is 0 Å². The van der Waals surface area contributed by atoms with Crippen molar-refractivity contribution in [2.24, 2.45) is 0 Å². The molecule has 0 amide bonds. The zero-order valence-corrected chi connectivity index (χ0v) is 9.99. The van der Waals surface area contributed by atoms with Crippen molar-refractivity contribution in [3.05, 3.63) is 42.0 Å². The molecule has 0 aromatic heterocycles. The first-order valence-corrected chi connectivity index (χ1v) is 6.26. The Balaban J connectivity index is 1.99. The summed E-state index contributed by atoms with van der Waals surface area (Å²) in [5.41, 5.74) is 2.81. The van der Waals surface area contributed by atoms with E-state index in [-0.39, 0.29) is 0 Å². The lowest BCUT2D eigenvalue weighted by molar-refractivity contribution is 0.0631. The van der Waals surface area contributed by atoms with E-state index in [9.17, 15) is 0 Å². The summed E-state index contributed by atoms with van der Waals surface area (Å²) in [7, 11) is 0. The van der Waals surface area contributed by atoms with Crippen LogP contribution in [0.2, 0.25) is 0 Å². The Morgan fingerprint density at radius 1 is 1.25 bits per heavy atom. The minimum absolute atomic E-state index is 0.431. The van der Waals surface area contributed by atoms with Gasteiger partial charge >= 0.3 is 0 Å². The topological polar surface area (TPSA) is 9.23 Å². The highest BCUT2D eigenvalue weighted by atomic mass is 16.5. The number of hydrogen-bond acceptors (Lipinski definition) is 1. The number of ether oxygens (including phenoxy) is 1. The van der Waals surface area contributed by atoms with Crippen LogP contribution in [0.25, 0.3) is 5.57 Å². The van der Waals surface area contributed by atoms with Crippen LogP contribution in [0.1, 0.15) is 38.2 Å². The van der Waals surface area contributed by atoms with Crippen LogP contribution in [0.3, 0.4) is 0 Å². The van der Waals surface area contributed by atoms with Gasteiger partial charge in [-0.05, 0) is 24.0 Å². The van der Waals surface area contributed by atoms with Crippen LogP contribution in [0.4, 0.5) is 0 Å². The fourth-order valence-corrected chi connectivity index (χ4v) is 2.18. The second-order valence-corrected chi connectivity index (χ2v) is 4.40. The van der Waals surface area contributed by atoms with Gasteiger partial charge in [-0.3, -0.25) is 0 Å². The van der Waals surface area contributed by atoms with Gasteiger partial charge in [0.25, 0.3) is 0 Å². The molecular weight excluding hydrogens is 196 g/mol. The molecule has 0 aliphatic carbocycles. The summed E-state index contributed by atoms with van der Waals surface area (Å²) in [6.45, 7) is 3.01. The highest BCUT2D eigenvalue weighted by Gasteiger charge is 2.16. The molecule has 86 valence electrons. The predicted octanol–water partition coefficient (Wildman–Crippen LogP) is 4.05. The molecule has 0 fully saturated rings. The molecule has 0 spiro atoms. The van der Waals surface area contributed by atoms with Crippen molar-refractivity contribution in [3.63, 3.8) is 0 Å². The zero-order valence-electron chi connectivity index (χ0n) is 9.99. The standard InChI is InChI=1S/C15H20O/c1-2-3-9-15-12-14(10-11-16-15)13-7-5-4-6-8-13/h4-8,10,15H,2-3,9,11-12H2,1H3. The molecule has 1 aromatic carbocycles. The van der Waals surface area contributed by atoms with E-state index in [1.807, 2.05) is 0 Å². The summed E-state index contributed by atoms with van der Waals surface area (Å²) in [4.78, 5) is 0. The van der Waals surface area contributed by atoms with E-state index in [1.165, 1.54) is 30.4 Å². The van der Waals surface area contributed by atoms with Crippen LogP contribution in [0.15, 0.2) is 36.4 Å². The van der Waals surface area contributed by atoms with Crippen molar-refractivity contribution in [2.75, 3.05) is 6.61 Å². The van der Waals surface area contributed by atoms with Gasteiger partial charge in [0.05, 0.1) is 12.7 Å². The Morgan fingerprint density at radius 3 is 2.81 bits per heavy atom. The van der Waals surface area contributed by atoms with Gasteiger partial charge in [0, 0.05) is 0 Å². The van der Waals surface area contributed by atoms with Crippen molar-refractivity contribution in [1.82, 2.24) is 0 Å². The first-order chi connectivity index (χ1) is 7.90. The van der Waals surface area contributed by atoms with Crippen LogP contribution in [0.5, 0.6) is 0 Å². The Kier molecular flexibility index (Phi) is 4.17. The second-order valence-electron chi connectivity index (χ2n) is 4.40. The van der Waals surface area contributed by atoms with Gasteiger partial charge in [-0.2, -0.15) is 0 Å². The molecule has 1 nitrogen and oxygen atoms in total. The molecule has 1 aromatic rings. The van der Waals surface area contributed by atoms with Crippen LogP contribution >= 0.6 is 0 Å². The molecular formula is C15H20O. The number of unbranched alkanes of at least 4 members (excludes halogenated alkanes) is 1. The van der Waals surface area contributed by atoms with Crippen LogP contribution in [0, 0.1) is 0 Å². The maximum Gasteiger partial charge on any atom is 0.0657 e.